The Morgan fingerprint density at radius 3 is 2.59 bits per heavy atom. The van der Waals surface area contributed by atoms with Crippen LogP contribution < -0.4 is 10.2 Å². The summed E-state index contributed by atoms with van der Waals surface area (Å²) in [6, 6.07) is 14.2. The summed E-state index contributed by atoms with van der Waals surface area (Å²) in [6.07, 6.45) is -0.355. The molecular formula is C16H13BrN2O3. The van der Waals surface area contributed by atoms with Gasteiger partial charge in [0.1, 0.15) is 6.61 Å². The number of nitrogens with one attached hydrogen (secondary N) is 1. The topological polar surface area (TPSA) is 58.6 Å². The number of ether oxygens (including phenoxy) is 1. The van der Waals surface area contributed by atoms with Gasteiger partial charge in [0.25, 0.3) is 5.91 Å². The van der Waals surface area contributed by atoms with Gasteiger partial charge in [-0.1, -0.05) is 22.0 Å². The van der Waals surface area contributed by atoms with Gasteiger partial charge in [-0.3, -0.25) is 9.69 Å². The maximum Gasteiger partial charge on any atom is 0.414 e. The van der Waals surface area contributed by atoms with Gasteiger partial charge in [-0.05, 0) is 42.5 Å². The summed E-state index contributed by atoms with van der Waals surface area (Å²) in [5, 5.41) is 2.82. The third-order valence-electron chi connectivity index (χ3n) is 3.28. The van der Waals surface area contributed by atoms with E-state index in [1.54, 1.807) is 24.3 Å². The fraction of sp³-hybridized carbons (Fsp3) is 0.125. The lowest BCUT2D eigenvalue weighted by molar-refractivity contribution is 0.102. The second-order valence-electron chi connectivity index (χ2n) is 4.78. The molecule has 1 aliphatic rings. The van der Waals surface area contributed by atoms with Crippen LogP contribution in [-0.4, -0.2) is 25.2 Å². The first kappa shape index (κ1) is 14.6. The van der Waals surface area contributed by atoms with Crippen molar-refractivity contribution in [2.24, 2.45) is 0 Å². The molecule has 0 aliphatic carbocycles. The van der Waals surface area contributed by atoms with E-state index >= 15 is 0 Å². The van der Waals surface area contributed by atoms with E-state index in [9.17, 15) is 9.59 Å². The van der Waals surface area contributed by atoms with E-state index in [2.05, 4.69) is 21.2 Å². The van der Waals surface area contributed by atoms with Crippen molar-refractivity contribution in [2.45, 2.75) is 0 Å². The monoisotopic (exact) mass is 360 g/mol. The number of hydrogen-bond donors (Lipinski definition) is 1. The number of hydrogen-bond acceptors (Lipinski definition) is 3. The first-order valence-electron chi connectivity index (χ1n) is 6.75. The molecule has 0 spiro atoms. The molecule has 5 nitrogen and oxygen atoms in total. The summed E-state index contributed by atoms with van der Waals surface area (Å²) in [7, 11) is 0. The molecule has 22 heavy (non-hydrogen) atoms. The Labute approximate surface area is 136 Å². The number of anilines is 2. The first-order chi connectivity index (χ1) is 10.6. The van der Waals surface area contributed by atoms with E-state index in [0.717, 1.165) is 10.2 Å². The van der Waals surface area contributed by atoms with Crippen LogP contribution in [0.1, 0.15) is 10.4 Å². The smallest absolute Gasteiger partial charge is 0.414 e. The Morgan fingerprint density at radius 2 is 1.95 bits per heavy atom. The van der Waals surface area contributed by atoms with Gasteiger partial charge < -0.3 is 10.1 Å². The normalized spacial score (nSPS) is 13.9. The molecule has 0 bridgehead atoms. The maximum absolute atomic E-state index is 12.2. The molecule has 3 rings (SSSR count). The van der Waals surface area contributed by atoms with Crippen LogP contribution in [0.5, 0.6) is 0 Å². The van der Waals surface area contributed by atoms with Crippen molar-refractivity contribution in [2.75, 3.05) is 23.4 Å². The highest BCUT2D eigenvalue weighted by Gasteiger charge is 2.23. The summed E-state index contributed by atoms with van der Waals surface area (Å²) in [5.74, 6) is -0.200. The second-order valence-corrected chi connectivity index (χ2v) is 5.69. The number of benzene rings is 2. The maximum atomic E-state index is 12.2. The Bertz CT molecular complexity index is 716. The van der Waals surface area contributed by atoms with Crippen molar-refractivity contribution < 1.29 is 14.3 Å². The SMILES string of the molecule is O=C(Nc1cccc(Br)c1)c1ccc(N2CCOC2=O)cc1. The van der Waals surface area contributed by atoms with Crippen LogP contribution in [0.2, 0.25) is 0 Å². The summed E-state index contributed by atoms with van der Waals surface area (Å²) in [5.41, 5.74) is 1.96. The average Bonchev–Trinajstić information content (AvgIpc) is 2.93. The van der Waals surface area contributed by atoms with Crippen LogP contribution >= 0.6 is 15.9 Å². The fourth-order valence-electron chi connectivity index (χ4n) is 2.19. The quantitative estimate of drug-likeness (QED) is 0.908. The van der Waals surface area contributed by atoms with Gasteiger partial charge >= 0.3 is 6.09 Å². The zero-order valence-corrected chi connectivity index (χ0v) is 13.2. The molecule has 1 N–H and O–H groups in total. The van der Waals surface area contributed by atoms with Crippen molar-refractivity contribution in [1.29, 1.82) is 0 Å². The first-order valence-corrected chi connectivity index (χ1v) is 7.54. The number of carbonyl (C=O) groups is 2. The predicted molar refractivity (Wildman–Crippen MR) is 87.2 cm³/mol. The molecule has 1 heterocycles. The molecule has 2 aromatic rings. The number of halogens is 1. The lowest BCUT2D eigenvalue weighted by atomic mass is 10.2. The molecule has 6 heteroatoms. The van der Waals surface area contributed by atoms with Crippen LogP contribution in [0.15, 0.2) is 53.0 Å². The minimum atomic E-state index is -0.355. The Balaban J connectivity index is 1.72. The molecule has 0 aromatic heterocycles. The Morgan fingerprint density at radius 1 is 1.18 bits per heavy atom. The van der Waals surface area contributed by atoms with Crippen molar-refractivity contribution in [3.63, 3.8) is 0 Å². The van der Waals surface area contributed by atoms with Gasteiger partial charge in [0.2, 0.25) is 0 Å². The molecule has 112 valence electrons. The van der Waals surface area contributed by atoms with Crippen LogP contribution in [0.25, 0.3) is 0 Å². The Hall–Kier alpha value is -2.34. The number of rotatable bonds is 3. The highest BCUT2D eigenvalue weighted by molar-refractivity contribution is 9.10. The largest absolute Gasteiger partial charge is 0.447 e. The molecule has 0 unspecified atom stereocenters. The van der Waals surface area contributed by atoms with Gasteiger partial charge in [0.15, 0.2) is 0 Å². The molecule has 2 amide bonds. The van der Waals surface area contributed by atoms with Gasteiger partial charge in [0, 0.05) is 21.4 Å². The van der Waals surface area contributed by atoms with Crippen molar-refractivity contribution in [3.8, 4) is 0 Å². The van der Waals surface area contributed by atoms with Crippen LogP contribution in [0.3, 0.4) is 0 Å². The zero-order chi connectivity index (χ0) is 15.5. The number of cyclic esters (lactones) is 1. The lowest BCUT2D eigenvalue weighted by Crippen LogP contribution is -2.23. The second kappa shape index (κ2) is 6.19. The highest BCUT2D eigenvalue weighted by Crippen LogP contribution is 2.20. The standard InChI is InChI=1S/C16H13BrN2O3/c17-12-2-1-3-13(10-12)18-15(20)11-4-6-14(7-5-11)19-8-9-22-16(19)21/h1-7,10H,8-9H2,(H,18,20). The van der Waals surface area contributed by atoms with E-state index < -0.39 is 0 Å². The van der Waals surface area contributed by atoms with E-state index in [1.807, 2.05) is 24.3 Å². The highest BCUT2D eigenvalue weighted by atomic mass is 79.9. The predicted octanol–water partition coefficient (Wildman–Crippen LogP) is 3.66. The molecular weight excluding hydrogens is 348 g/mol. The molecule has 2 aromatic carbocycles. The summed E-state index contributed by atoms with van der Waals surface area (Å²) in [6.45, 7) is 0.923. The molecule has 0 saturated carbocycles. The zero-order valence-electron chi connectivity index (χ0n) is 11.6. The molecule has 0 atom stereocenters. The molecule has 1 aliphatic heterocycles. The van der Waals surface area contributed by atoms with E-state index in [4.69, 9.17) is 4.74 Å². The number of carbonyl (C=O) groups excluding carboxylic acids is 2. The minimum absolute atomic E-state index is 0.200. The molecule has 0 radical (unpaired) electrons. The van der Waals surface area contributed by atoms with Crippen LogP contribution in [0.4, 0.5) is 16.2 Å². The van der Waals surface area contributed by atoms with E-state index in [-0.39, 0.29) is 12.0 Å². The number of nitrogens with zero attached hydrogens (tertiary/aromatic N) is 1. The average molecular weight is 361 g/mol. The summed E-state index contributed by atoms with van der Waals surface area (Å²) < 4.78 is 5.79. The van der Waals surface area contributed by atoms with Crippen molar-refractivity contribution in [1.82, 2.24) is 0 Å². The van der Waals surface area contributed by atoms with Gasteiger partial charge in [-0.2, -0.15) is 0 Å². The molecule has 1 fully saturated rings. The lowest BCUT2D eigenvalue weighted by Gasteiger charge is -2.13. The van der Waals surface area contributed by atoms with Gasteiger partial charge in [-0.15, -0.1) is 0 Å². The Kier molecular flexibility index (Phi) is 4.11. The van der Waals surface area contributed by atoms with Crippen molar-refractivity contribution in [3.05, 3.63) is 58.6 Å². The van der Waals surface area contributed by atoms with Gasteiger partial charge in [-0.25, -0.2) is 4.79 Å². The number of amides is 2. The van der Waals surface area contributed by atoms with Crippen molar-refractivity contribution >= 4 is 39.3 Å². The van der Waals surface area contributed by atoms with Crippen LogP contribution in [-0.2, 0) is 4.74 Å². The van der Waals surface area contributed by atoms with Crippen LogP contribution in [0, 0.1) is 0 Å². The van der Waals surface area contributed by atoms with E-state index in [1.165, 1.54) is 4.90 Å². The third-order valence-corrected chi connectivity index (χ3v) is 3.78. The fourth-order valence-corrected chi connectivity index (χ4v) is 2.59. The summed E-state index contributed by atoms with van der Waals surface area (Å²) >= 11 is 3.36. The molecule has 1 saturated heterocycles. The summed E-state index contributed by atoms with van der Waals surface area (Å²) in [4.78, 5) is 25.2. The van der Waals surface area contributed by atoms with E-state index in [0.29, 0.717) is 24.4 Å². The third kappa shape index (κ3) is 3.12. The van der Waals surface area contributed by atoms with Gasteiger partial charge in [0.05, 0.1) is 6.54 Å². The minimum Gasteiger partial charge on any atom is -0.447 e.